The molecule has 5 nitrogen and oxygen atoms in total. The Kier molecular flexibility index (Phi) is 3.49. The summed E-state index contributed by atoms with van der Waals surface area (Å²) in [6.07, 6.45) is 2.86. The lowest BCUT2D eigenvalue weighted by Crippen LogP contribution is -2.37. The molecule has 4 rings (SSSR count). The molecule has 0 bridgehead atoms. The van der Waals surface area contributed by atoms with Crippen LogP contribution in [0.3, 0.4) is 0 Å². The zero-order valence-corrected chi connectivity index (χ0v) is 13.6. The molecule has 0 aliphatic carbocycles. The number of H-pyrrole nitrogens is 2. The number of hydrogen-bond donors (Lipinski definition) is 2. The number of carbonyl (C=O) groups is 1. The normalized spacial score (nSPS) is 14.0. The first-order valence-corrected chi connectivity index (χ1v) is 8.16. The molecule has 24 heavy (non-hydrogen) atoms. The highest BCUT2D eigenvalue weighted by atomic mass is 16.2. The van der Waals surface area contributed by atoms with Crippen LogP contribution in [0.15, 0.2) is 41.3 Å². The molecule has 0 saturated carbocycles. The Labute approximate surface area is 139 Å². The van der Waals surface area contributed by atoms with Gasteiger partial charge in [-0.2, -0.15) is 0 Å². The summed E-state index contributed by atoms with van der Waals surface area (Å²) in [5.74, 6) is 0.125. The monoisotopic (exact) mass is 321 g/mol. The van der Waals surface area contributed by atoms with E-state index in [0.29, 0.717) is 19.5 Å². The van der Waals surface area contributed by atoms with E-state index in [4.69, 9.17) is 0 Å². The van der Waals surface area contributed by atoms with Gasteiger partial charge in [-0.25, -0.2) is 0 Å². The van der Waals surface area contributed by atoms with E-state index >= 15 is 0 Å². The van der Waals surface area contributed by atoms with Gasteiger partial charge in [0, 0.05) is 41.9 Å². The van der Waals surface area contributed by atoms with Crippen molar-refractivity contribution in [3.8, 4) is 0 Å². The van der Waals surface area contributed by atoms with Crippen molar-refractivity contribution in [1.29, 1.82) is 0 Å². The molecule has 1 amide bonds. The van der Waals surface area contributed by atoms with Crippen molar-refractivity contribution in [3.63, 3.8) is 0 Å². The maximum absolute atomic E-state index is 12.8. The fourth-order valence-corrected chi connectivity index (χ4v) is 3.50. The van der Waals surface area contributed by atoms with Crippen molar-refractivity contribution in [2.75, 3.05) is 6.54 Å². The van der Waals surface area contributed by atoms with Crippen molar-refractivity contribution in [1.82, 2.24) is 14.9 Å². The van der Waals surface area contributed by atoms with Crippen LogP contribution in [-0.2, 0) is 24.2 Å². The molecule has 0 atom stereocenters. The minimum Gasteiger partial charge on any atom is -0.358 e. The summed E-state index contributed by atoms with van der Waals surface area (Å²) >= 11 is 0. The molecule has 2 aromatic heterocycles. The number of hydrogen-bond acceptors (Lipinski definition) is 2. The van der Waals surface area contributed by atoms with E-state index in [1.54, 1.807) is 12.3 Å². The first-order chi connectivity index (χ1) is 11.6. The summed E-state index contributed by atoms with van der Waals surface area (Å²) in [5.41, 5.74) is 5.19. The average molecular weight is 321 g/mol. The van der Waals surface area contributed by atoms with E-state index in [-0.39, 0.29) is 11.5 Å². The van der Waals surface area contributed by atoms with E-state index in [1.807, 2.05) is 30.0 Å². The van der Waals surface area contributed by atoms with Gasteiger partial charge in [-0.15, -0.1) is 0 Å². The number of para-hydroxylation sites is 1. The van der Waals surface area contributed by atoms with Gasteiger partial charge in [0.15, 0.2) is 0 Å². The smallest absolute Gasteiger partial charge is 0.248 e. The zero-order chi connectivity index (χ0) is 16.7. The maximum Gasteiger partial charge on any atom is 0.248 e. The molecule has 3 heterocycles. The number of aryl methyl sites for hydroxylation is 1. The third kappa shape index (κ3) is 2.52. The summed E-state index contributed by atoms with van der Waals surface area (Å²) in [4.78, 5) is 32.1. The van der Waals surface area contributed by atoms with Crippen LogP contribution in [-0.4, -0.2) is 27.3 Å². The van der Waals surface area contributed by atoms with Crippen LogP contribution >= 0.6 is 0 Å². The number of benzene rings is 1. The number of aromatic amines is 2. The lowest BCUT2D eigenvalue weighted by atomic mass is 10.0. The number of nitrogens with one attached hydrogen (secondary N) is 2. The fourth-order valence-electron chi connectivity index (χ4n) is 3.50. The highest BCUT2D eigenvalue weighted by Gasteiger charge is 2.22. The van der Waals surface area contributed by atoms with Gasteiger partial charge in [0.25, 0.3) is 0 Å². The predicted octanol–water partition coefficient (Wildman–Crippen LogP) is 2.29. The maximum atomic E-state index is 12.8. The highest BCUT2D eigenvalue weighted by Crippen LogP contribution is 2.24. The Hall–Kier alpha value is -2.82. The number of pyridine rings is 1. The lowest BCUT2D eigenvalue weighted by molar-refractivity contribution is -0.131. The average Bonchev–Trinajstić information content (AvgIpc) is 2.90. The lowest BCUT2D eigenvalue weighted by Gasteiger charge is -2.28. The molecular weight excluding hydrogens is 302 g/mol. The number of fused-ring (bicyclic) bond motifs is 2. The molecule has 0 radical (unpaired) electrons. The molecule has 2 N–H and O–H groups in total. The Balaban J connectivity index is 1.57. The second-order valence-corrected chi connectivity index (χ2v) is 6.36. The molecule has 3 aromatic rings. The van der Waals surface area contributed by atoms with Crippen LogP contribution in [0.1, 0.15) is 22.4 Å². The summed E-state index contributed by atoms with van der Waals surface area (Å²) in [6.45, 7) is 3.24. The zero-order valence-electron chi connectivity index (χ0n) is 13.6. The second-order valence-electron chi connectivity index (χ2n) is 6.36. The van der Waals surface area contributed by atoms with Gasteiger partial charge in [-0.05, 0) is 36.1 Å². The van der Waals surface area contributed by atoms with Gasteiger partial charge in [0.1, 0.15) is 0 Å². The molecular formula is C19H19N3O2. The van der Waals surface area contributed by atoms with Gasteiger partial charge >= 0.3 is 0 Å². The quantitative estimate of drug-likeness (QED) is 0.760. The van der Waals surface area contributed by atoms with Gasteiger partial charge in [-0.3, -0.25) is 9.59 Å². The summed E-state index contributed by atoms with van der Waals surface area (Å²) in [7, 11) is 0. The number of rotatable bonds is 2. The topological polar surface area (TPSA) is 69.0 Å². The Morgan fingerprint density at radius 3 is 2.96 bits per heavy atom. The number of aromatic nitrogens is 2. The van der Waals surface area contributed by atoms with E-state index in [9.17, 15) is 9.59 Å². The molecule has 1 aliphatic rings. The first kappa shape index (κ1) is 14.8. The van der Waals surface area contributed by atoms with Crippen molar-refractivity contribution in [2.24, 2.45) is 0 Å². The molecule has 0 unspecified atom stereocenters. The third-order valence-corrected chi connectivity index (χ3v) is 4.83. The molecule has 1 aliphatic heterocycles. The predicted molar refractivity (Wildman–Crippen MR) is 92.9 cm³/mol. The molecule has 0 saturated heterocycles. The molecule has 0 fully saturated rings. The van der Waals surface area contributed by atoms with Gasteiger partial charge in [0.05, 0.1) is 6.42 Å². The largest absolute Gasteiger partial charge is 0.358 e. The first-order valence-electron chi connectivity index (χ1n) is 8.16. The summed E-state index contributed by atoms with van der Waals surface area (Å²) in [5, 5.41) is 1.12. The fraction of sp³-hybridized carbons (Fsp3) is 0.263. The Morgan fingerprint density at radius 1 is 1.25 bits per heavy atom. The van der Waals surface area contributed by atoms with Crippen molar-refractivity contribution in [2.45, 2.75) is 26.3 Å². The summed E-state index contributed by atoms with van der Waals surface area (Å²) in [6, 6.07) is 9.71. The molecule has 1 aromatic carbocycles. The standard InChI is InChI=1S/C19H19N3O2/c1-12-16(15-4-2-3-5-17(15)21-12)9-19(24)22-7-6-13-8-18(23)20-10-14(13)11-22/h2-5,8,10,21H,6-7,9,11H2,1H3,(H,20,23). The van der Waals surface area contributed by atoms with E-state index < -0.39 is 0 Å². The van der Waals surface area contributed by atoms with Gasteiger partial charge in [0.2, 0.25) is 11.5 Å². The van der Waals surface area contributed by atoms with Crippen molar-refractivity contribution >= 4 is 16.8 Å². The van der Waals surface area contributed by atoms with E-state index in [0.717, 1.165) is 39.7 Å². The van der Waals surface area contributed by atoms with Crippen LogP contribution in [0, 0.1) is 6.92 Å². The minimum absolute atomic E-state index is 0.0806. The second kappa shape index (κ2) is 5.67. The molecule has 122 valence electrons. The minimum atomic E-state index is -0.0806. The highest BCUT2D eigenvalue weighted by molar-refractivity contribution is 5.90. The van der Waals surface area contributed by atoms with Crippen LogP contribution in [0.4, 0.5) is 0 Å². The van der Waals surface area contributed by atoms with E-state index in [2.05, 4.69) is 16.0 Å². The SMILES string of the molecule is Cc1[nH]c2ccccc2c1CC(=O)N1CCc2cc(=O)[nH]cc2C1. The Bertz CT molecular complexity index is 984. The van der Waals surface area contributed by atoms with Crippen LogP contribution in [0.5, 0.6) is 0 Å². The van der Waals surface area contributed by atoms with Crippen LogP contribution in [0.2, 0.25) is 0 Å². The number of nitrogens with zero attached hydrogens (tertiary/aromatic N) is 1. The van der Waals surface area contributed by atoms with Crippen LogP contribution in [0.25, 0.3) is 10.9 Å². The molecule has 5 heteroatoms. The molecule has 0 spiro atoms. The number of amides is 1. The third-order valence-electron chi connectivity index (χ3n) is 4.83. The van der Waals surface area contributed by atoms with Crippen molar-refractivity contribution < 1.29 is 4.79 Å². The van der Waals surface area contributed by atoms with Crippen molar-refractivity contribution in [3.05, 3.63) is 69.3 Å². The van der Waals surface area contributed by atoms with Crippen LogP contribution < -0.4 is 5.56 Å². The van der Waals surface area contributed by atoms with Gasteiger partial charge < -0.3 is 14.9 Å². The van der Waals surface area contributed by atoms with Gasteiger partial charge in [-0.1, -0.05) is 18.2 Å². The number of carbonyl (C=O) groups excluding carboxylic acids is 1. The van der Waals surface area contributed by atoms with E-state index in [1.165, 1.54) is 0 Å². The summed E-state index contributed by atoms with van der Waals surface area (Å²) < 4.78 is 0. The Morgan fingerprint density at radius 2 is 2.08 bits per heavy atom.